The minimum atomic E-state index is -0.214. The second kappa shape index (κ2) is 7.64. The van der Waals surface area contributed by atoms with E-state index >= 15 is 0 Å². The zero-order valence-corrected chi connectivity index (χ0v) is 16.5. The summed E-state index contributed by atoms with van der Waals surface area (Å²) < 4.78 is 1.71. The first-order chi connectivity index (χ1) is 13.5. The first-order valence-corrected chi connectivity index (χ1v) is 9.60. The molecule has 0 aliphatic carbocycles. The topological polar surface area (TPSA) is 68.0 Å². The number of benzene rings is 1. The van der Waals surface area contributed by atoms with E-state index in [-0.39, 0.29) is 17.9 Å². The van der Waals surface area contributed by atoms with Crippen molar-refractivity contribution in [2.24, 2.45) is 11.1 Å². The molecule has 2 aromatic heterocycles. The number of halogens is 1. The highest BCUT2D eigenvalue weighted by atomic mass is 35.5. The minimum absolute atomic E-state index is 0.0218. The summed E-state index contributed by atoms with van der Waals surface area (Å²) in [6.45, 7) is 4.22. The molecule has 0 saturated carbocycles. The summed E-state index contributed by atoms with van der Waals surface area (Å²) in [6, 6.07) is 13.7. The van der Waals surface area contributed by atoms with Crippen LogP contribution < -0.4 is 5.32 Å². The van der Waals surface area contributed by atoms with Gasteiger partial charge < -0.3 is 10.2 Å². The van der Waals surface area contributed by atoms with Crippen molar-refractivity contribution < 1.29 is 9.63 Å². The lowest BCUT2D eigenvalue weighted by Crippen LogP contribution is -2.34. The van der Waals surface area contributed by atoms with Crippen molar-refractivity contribution in [2.75, 3.05) is 6.54 Å². The number of aryl methyl sites for hydroxylation is 1. The smallest absolute Gasteiger partial charge is 0.255 e. The summed E-state index contributed by atoms with van der Waals surface area (Å²) in [5, 5.41) is 7.64. The van der Waals surface area contributed by atoms with Crippen LogP contribution in [0.3, 0.4) is 0 Å². The Balaban J connectivity index is 1.41. The number of carbonyl (C=O) groups is 1. The molecule has 0 fully saturated rings. The third-order valence-corrected chi connectivity index (χ3v) is 5.55. The minimum Gasteiger partial charge on any atom is -0.391 e. The number of imidazole rings is 1. The molecule has 0 radical (unpaired) electrons. The molecule has 1 aliphatic rings. The highest BCUT2D eigenvalue weighted by Crippen LogP contribution is 2.22. The third-order valence-electron chi connectivity index (χ3n) is 5.09. The highest BCUT2D eigenvalue weighted by Gasteiger charge is 2.30. The molecule has 1 amide bonds. The predicted octanol–water partition coefficient (Wildman–Crippen LogP) is 3.66. The maximum Gasteiger partial charge on any atom is 0.255 e. The monoisotopic (exact) mass is 396 g/mol. The Morgan fingerprint density at radius 1 is 1.25 bits per heavy atom. The molecule has 3 heterocycles. The molecule has 1 aliphatic heterocycles. The molecule has 2 atom stereocenters. The number of fused-ring (bicyclic) bond motifs is 1. The fourth-order valence-corrected chi connectivity index (χ4v) is 3.55. The quantitative estimate of drug-likeness (QED) is 0.715. The van der Waals surface area contributed by atoms with Gasteiger partial charge >= 0.3 is 0 Å². The van der Waals surface area contributed by atoms with Crippen molar-refractivity contribution >= 4 is 28.9 Å². The predicted molar refractivity (Wildman–Crippen MR) is 109 cm³/mol. The van der Waals surface area contributed by atoms with Gasteiger partial charge in [-0.15, -0.1) is 0 Å². The fourth-order valence-electron chi connectivity index (χ4n) is 3.37. The van der Waals surface area contributed by atoms with Gasteiger partial charge in [-0.05, 0) is 24.6 Å². The SMILES string of the molecule is Cc1nc2c(C(=O)NCC3=NOC(Cc4ccccc4)C3C)cccn2c1Cl. The van der Waals surface area contributed by atoms with Crippen LogP contribution in [-0.4, -0.2) is 33.7 Å². The van der Waals surface area contributed by atoms with E-state index in [4.69, 9.17) is 16.4 Å². The average Bonchev–Trinajstić information content (AvgIpc) is 3.20. The molecule has 7 heteroatoms. The number of aromatic nitrogens is 2. The van der Waals surface area contributed by atoms with E-state index in [1.165, 1.54) is 5.56 Å². The first-order valence-electron chi connectivity index (χ1n) is 9.22. The van der Waals surface area contributed by atoms with E-state index in [0.29, 0.717) is 28.6 Å². The Morgan fingerprint density at radius 3 is 2.82 bits per heavy atom. The molecule has 1 N–H and O–H groups in total. The second-order valence-corrected chi connectivity index (χ2v) is 7.35. The van der Waals surface area contributed by atoms with Gasteiger partial charge in [-0.1, -0.05) is 54.0 Å². The van der Waals surface area contributed by atoms with Gasteiger partial charge in [0.25, 0.3) is 5.91 Å². The van der Waals surface area contributed by atoms with Crippen molar-refractivity contribution in [2.45, 2.75) is 26.4 Å². The van der Waals surface area contributed by atoms with E-state index in [2.05, 4.69) is 34.5 Å². The van der Waals surface area contributed by atoms with Crippen LogP contribution in [0.25, 0.3) is 5.65 Å². The van der Waals surface area contributed by atoms with Crippen LogP contribution in [0.1, 0.15) is 28.5 Å². The zero-order chi connectivity index (χ0) is 19.7. The number of pyridine rings is 1. The molecular weight excluding hydrogens is 376 g/mol. The number of oxime groups is 1. The van der Waals surface area contributed by atoms with Crippen molar-refractivity contribution in [3.63, 3.8) is 0 Å². The Bertz CT molecular complexity index is 1050. The lowest BCUT2D eigenvalue weighted by molar-refractivity contribution is 0.0660. The van der Waals surface area contributed by atoms with Crippen molar-refractivity contribution in [3.8, 4) is 0 Å². The van der Waals surface area contributed by atoms with Gasteiger partial charge in [0.05, 0.1) is 23.5 Å². The molecule has 4 rings (SSSR count). The number of carbonyl (C=O) groups excluding carboxylic acids is 1. The summed E-state index contributed by atoms with van der Waals surface area (Å²) in [5.41, 5.74) is 3.75. The zero-order valence-electron chi connectivity index (χ0n) is 15.7. The lowest BCUT2D eigenvalue weighted by atomic mass is 9.94. The molecule has 0 spiro atoms. The van der Waals surface area contributed by atoms with Crippen LogP contribution in [0.15, 0.2) is 53.8 Å². The van der Waals surface area contributed by atoms with Crippen molar-refractivity contribution in [1.82, 2.24) is 14.7 Å². The van der Waals surface area contributed by atoms with Crippen molar-refractivity contribution in [1.29, 1.82) is 0 Å². The number of rotatable bonds is 5. The van der Waals surface area contributed by atoms with Gasteiger partial charge in [0.2, 0.25) is 0 Å². The van der Waals surface area contributed by atoms with E-state index in [1.807, 2.05) is 25.1 Å². The van der Waals surface area contributed by atoms with Crippen LogP contribution in [0.5, 0.6) is 0 Å². The Morgan fingerprint density at radius 2 is 2.04 bits per heavy atom. The van der Waals surface area contributed by atoms with Gasteiger partial charge in [0, 0.05) is 18.5 Å². The Labute approximate surface area is 168 Å². The molecule has 0 bridgehead atoms. The summed E-state index contributed by atoms with van der Waals surface area (Å²) in [6.07, 6.45) is 2.56. The van der Waals surface area contributed by atoms with Crippen LogP contribution in [0.2, 0.25) is 5.15 Å². The number of hydrogen-bond acceptors (Lipinski definition) is 4. The van der Waals surface area contributed by atoms with Gasteiger partial charge in [-0.3, -0.25) is 9.20 Å². The number of nitrogens with one attached hydrogen (secondary N) is 1. The number of nitrogens with zero attached hydrogens (tertiary/aromatic N) is 3. The molecule has 0 saturated heterocycles. The largest absolute Gasteiger partial charge is 0.391 e. The maximum absolute atomic E-state index is 12.7. The average molecular weight is 397 g/mol. The molecular formula is C21H21ClN4O2. The van der Waals surface area contributed by atoms with E-state index in [1.54, 1.807) is 22.7 Å². The molecule has 28 heavy (non-hydrogen) atoms. The summed E-state index contributed by atoms with van der Waals surface area (Å²) in [4.78, 5) is 22.7. The van der Waals surface area contributed by atoms with Gasteiger partial charge in [-0.25, -0.2) is 4.98 Å². The van der Waals surface area contributed by atoms with E-state index < -0.39 is 0 Å². The Hall–Kier alpha value is -2.86. The molecule has 3 aromatic rings. The lowest BCUT2D eigenvalue weighted by Gasteiger charge is -2.15. The van der Waals surface area contributed by atoms with Crippen molar-refractivity contribution in [3.05, 3.63) is 70.6 Å². The Kier molecular flexibility index (Phi) is 5.05. The summed E-state index contributed by atoms with van der Waals surface area (Å²) in [7, 11) is 0. The number of amides is 1. The number of hydrogen-bond donors (Lipinski definition) is 1. The highest BCUT2D eigenvalue weighted by molar-refractivity contribution is 6.30. The van der Waals surface area contributed by atoms with Crippen LogP contribution in [0.4, 0.5) is 0 Å². The second-order valence-electron chi connectivity index (χ2n) is 6.99. The van der Waals surface area contributed by atoms with Crippen LogP contribution in [-0.2, 0) is 11.3 Å². The van der Waals surface area contributed by atoms with Gasteiger partial charge in [0.1, 0.15) is 11.3 Å². The standard InChI is InChI=1S/C21H21ClN4O2/c1-13-17(25-28-18(13)11-15-7-4-3-5-8-15)12-23-21(27)16-9-6-10-26-19(22)14(2)24-20(16)26/h3-10,13,18H,11-12H2,1-2H3,(H,23,27). The summed E-state index contributed by atoms with van der Waals surface area (Å²) >= 11 is 6.23. The van der Waals surface area contributed by atoms with E-state index in [0.717, 1.165) is 12.1 Å². The normalized spacial score (nSPS) is 18.8. The molecule has 2 unspecified atom stereocenters. The molecule has 1 aromatic carbocycles. The van der Waals surface area contributed by atoms with Crippen LogP contribution in [0, 0.1) is 12.8 Å². The molecule has 6 nitrogen and oxygen atoms in total. The third kappa shape index (κ3) is 3.47. The first kappa shape index (κ1) is 18.5. The summed E-state index contributed by atoms with van der Waals surface area (Å²) in [5.74, 6) is -0.0897. The van der Waals surface area contributed by atoms with Gasteiger partial charge in [-0.2, -0.15) is 0 Å². The maximum atomic E-state index is 12.7. The van der Waals surface area contributed by atoms with E-state index in [9.17, 15) is 4.79 Å². The van der Waals surface area contributed by atoms with Crippen LogP contribution >= 0.6 is 11.6 Å². The molecule has 144 valence electrons. The van der Waals surface area contributed by atoms with Gasteiger partial charge in [0.15, 0.2) is 5.65 Å². The fraction of sp³-hybridized carbons (Fsp3) is 0.286.